The summed E-state index contributed by atoms with van der Waals surface area (Å²) in [5.41, 5.74) is 0.807. The Bertz CT molecular complexity index is 983. The Kier molecular flexibility index (Phi) is 5.57. The maximum Gasteiger partial charge on any atom is 0.243 e. The maximum absolute atomic E-state index is 13.0. The molecule has 2 aromatic carbocycles. The summed E-state index contributed by atoms with van der Waals surface area (Å²) in [6, 6.07) is 15.4. The molecule has 0 saturated heterocycles. The molecule has 1 aromatic heterocycles. The molecule has 0 aliphatic heterocycles. The van der Waals surface area contributed by atoms with Crippen LogP contribution in [0.2, 0.25) is 0 Å². The van der Waals surface area contributed by atoms with Crippen molar-refractivity contribution in [3.05, 3.63) is 60.5 Å². The van der Waals surface area contributed by atoms with Gasteiger partial charge in [0.15, 0.2) is 0 Å². The number of benzene rings is 2. The van der Waals surface area contributed by atoms with Gasteiger partial charge in [-0.3, -0.25) is 0 Å². The fourth-order valence-electron chi connectivity index (χ4n) is 2.59. The second-order valence-electron chi connectivity index (χ2n) is 6.20. The third-order valence-electron chi connectivity index (χ3n) is 4.03. The van der Waals surface area contributed by atoms with Gasteiger partial charge in [0.2, 0.25) is 21.7 Å². The Morgan fingerprint density at radius 1 is 1.07 bits per heavy atom. The van der Waals surface area contributed by atoms with Crippen LogP contribution in [0.5, 0.6) is 5.75 Å². The minimum atomic E-state index is -3.73. The van der Waals surface area contributed by atoms with Crippen molar-refractivity contribution in [3.8, 4) is 17.1 Å². The largest absolute Gasteiger partial charge is 0.497 e. The van der Waals surface area contributed by atoms with E-state index in [0.29, 0.717) is 11.6 Å². The highest BCUT2D eigenvalue weighted by molar-refractivity contribution is 7.89. The highest BCUT2D eigenvalue weighted by Gasteiger charge is 2.29. The zero-order valence-corrected chi connectivity index (χ0v) is 16.2. The fraction of sp³-hybridized carbons (Fsp3) is 0.263. The van der Waals surface area contributed by atoms with Gasteiger partial charge in [0.25, 0.3) is 0 Å². The second-order valence-corrected chi connectivity index (χ2v) is 8.09. The standard InChI is InChI=1S/C19H21N3O4S/c1-14(2)22(27(23,24)17-11-9-16(25-3)10-12-17)13-18-20-19(21-26-18)15-7-5-4-6-8-15/h4-12,14H,13H2,1-3H3. The van der Waals surface area contributed by atoms with Crippen molar-refractivity contribution in [2.24, 2.45) is 0 Å². The van der Waals surface area contributed by atoms with E-state index >= 15 is 0 Å². The molecular weight excluding hydrogens is 366 g/mol. The molecule has 0 unspecified atom stereocenters. The van der Waals surface area contributed by atoms with E-state index in [1.54, 1.807) is 26.0 Å². The van der Waals surface area contributed by atoms with Crippen molar-refractivity contribution >= 4 is 10.0 Å². The summed E-state index contributed by atoms with van der Waals surface area (Å²) in [5.74, 6) is 1.25. The SMILES string of the molecule is COc1ccc(S(=O)(=O)N(Cc2nc(-c3ccccc3)no2)C(C)C)cc1. The number of ether oxygens (including phenoxy) is 1. The molecule has 0 aliphatic carbocycles. The van der Waals surface area contributed by atoms with Crippen molar-refractivity contribution in [2.45, 2.75) is 31.3 Å². The first-order valence-corrected chi connectivity index (χ1v) is 9.89. The molecule has 3 aromatic rings. The smallest absolute Gasteiger partial charge is 0.243 e. The molecule has 0 bridgehead atoms. The summed E-state index contributed by atoms with van der Waals surface area (Å²) in [5, 5.41) is 3.95. The molecule has 142 valence electrons. The Balaban J connectivity index is 1.86. The lowest BCUT2D eigenvalue weighted by molar-refractivity contribution is 0.286. The number of aromatic nitrogens is 2. The first kappa shape index (κ1) is 19.1. The first-order chi connectivity index (χ1) is 12.9. The van der Waals surface area contributed by atoms with Gasteiger partial charge in [-0.1, -0.05) is 35.5 Å². The van der Waals surface area contributed by atoms with Crippen molar-refractivity contribution in [1.29, 1.82) is 0 Å². The Morgan fingerprint density at radius 2 is 1.74 bits per heavy atom. The molecule has 0 N–H and O–H groups in total. The molecule has 0 radical (unpaired) electrons. The summed E-state index contributed by atoms with van der Waals surface area (Å²) in [4.78, 5) is 4.51. The number of sulfonamides is 1. The van der Waals surface area contributed by atoms with Crippen LogP contribution in [0.15, 0.2) is 64.0 Å². The van der Waals surface area contributed by atoms with Gasteiger partial charge in [0.1, 0.15) is 5.75 Å². The molecule has 7 nitrogen and oxygen atoms in total. The zero-order valence-electron chi connectivity index (χ0n) is 15.4. The van der Waals surface area contributed by atoms with Crippen LogP contribution in [0.25, 0.3) is 11.4 Å². The van der Waals surface area contributed by atoms with E-state index < -0.39 is 10.0 Å². The fourth-order valence-corrected chi connectivity index (χ4v) is 4.17. The molecule has 0 fully saturated rings. The molecule has 0 amide bonds. The normalized spacial score (nSPS) is 11.9. The van der Waals surface area contributed by atoms with Gasteiger partial charge in [0, 0.05) is 11.6 Å². The molecule has 1 heterocycles. The number of nitrogens with zero attached hydrogens (tertiary/aromatic N) is 3. The average Bonchev–Trinajstić information content (AvgIpc) is 3.15. The van der Waals surface area contributed by atoms with Crippen LogP contribution in [0, 0.1) is 0 Å². The molecular formula is C19H21N3O4S. The second kappa shape index (κ2) is 7.89. The number of rotatable bonds is 7. The predicted molar refractivity (Wildman–Crippen MR) is 101 cm³/mol. The molecule has 0 atom stereocenters. The van der Waals surface area contributed by atoms with E-state index in [-0.39, 0.29) is 23.4 Å². The monoisotopic (exact) mass is 387 g/mol. The topological polar surface area (TPSA) is 85.5 Å². The van der Waals surface area contributed by atoms with Gasteiger partial charge in [-0.15, -0.1) is 0 Å². The van der Waals surface area contributed by atoms with Crippen molar-refractivity contribution in [3.63, 3.8) is 0 Å². The van der Waals surface area contributed by atoms with E-state index in [4.69, 9.17) is 9.26 Å². The van der Waals surface area contributed by atoms with Crippen molar-refractivity contribution in [2.75, 3.05) is 7.11 Å². The van der Waals surface area contributed by atoms with E-state index in [1.165, 1.54) is 23.5 Å². The summed E-state index contributed by atoms with van der Waals surface area (Å²) in [7, 11) is -2.20. The minimum Gasteiger partial charge on any atom is -0.497 e. The van der Waals surface area contributed by atoms with Gasteiger partial charge in [-0.05, 0) is 38.1 Å². The van der Waals surface area contributed by atoms with Crippen LogP contribution in [-0.4, -0.2) is 36.0 Å². The Labute approximate surface area is 158 Å². The number of methoxy groups -OCH3 is 1. The van der Waals surface area contributed by atoms with E-state index in [1.807, 2.05) is 30.3 Å². The highest BCUT2D eigenvalue weighted by Crippen LogP contribution is 2.23. The highest BCUT2D eigenvalue weighted by atomic mass is 32.2. The van der Waals surface area contributed by atoms with Crippen molar-refractivity contribution in [1.82, 2.24) is 14.4 Å². The van der Waals surface area contributed by atoms with Gasteiger partial charge < -0.3 is 9.26 Å². The van der Waals surface area contributed by atoms with E-state index in [0.717, 1.165) is 5.56 Å². The van der Waals surface area contributed by atoms with Gasteiger partial charge >= 0.3 is 0 Å². The van der Waals surface area contributed by atoms with E-state index in [9.17, 15) is 8.42 Å². The maximum atomic E-state index is 13.0. The Morgan fingerprint density at radius 3 is 2.33 bits per heavy atom. The van der Waals surface area contributed by atoms with Crippen molar-refractivity contribution < 1.29 is 17.7 Å². The molecule has 8 heteroatoms. The molecule has 0 spiro atoms. The van der Waals surface area contributed by atoms with Gasteiger partial charge in [-0.25, -0.2) is 8.42 Å². The quantitative estimate of drug-likeness (QED) is 0.618. The Hall–Kier alpha value is -2.71. The van der Waals surface area contributed by atoms with Crippen LogP contribution in [0.1, 0.15) is 19.7 Å². The van der Waals surface area contributed by atoms with Crippen LogP contribution in [0.3, 0.4) is 0 Å². The molecule has 27 heavy (non-hydrogen) atoms. The van der Waals surface area contributed by atoms with Gasteiger partial charge in [0.05, 0.1) is 18.6 Å². The zero-order chi connectivity index (χ0) is 19.4. The minimum absolute atomic E-state index is 0.00807. The van der Waals surface area contributed by atoms with Crippen LogP contribution >= 0.6 is 0 Å². The summed E-state index contributed by atoms with van der Waals surface area (Å²) in [6.07, 6.45) is 0. The van der Waals surface area contributed by atoms with E-state index in [2.05, 4.69) is 10.1 Å². The number of hydrogen-bond donors (Lipinski definition) is 0. The molecule has 0 aliphatic rings. The third kappa shape index (κ3) is 4.17. The van der Waals surface area contributed by atoms with Crippen LogP contribution in [0.4, 0.5) is 0 Å². The lowest BCUT2D eigenvalue weighted by Crippen LogP contribution is -2.36. The first-order valence-electron chi connectivity index (χ1n) is 8.45. The molecule has 3 rings (SSSR count). The summed E-state index contributed by atoms with van der Waals surface area (Å²) >= 11 is 0. The average molecular weight is 387 g/mol. The van der Waals surface area contributed by atoms with Gasteiger partial charge in [-0.2, -0.15) is 9.29 Å². The number of hydrogen-bond acceptors (Lipinski definition) is 6. The predicted octanol–water partition coefficient (Wildman–Crippen LogP) is 3.34. The third-order valence-corrected chi connectivity index (χ3v) is 6.07. The van der Waals surface area contributed by atoms with Crippen LogP contribution in [-0.2, 0) is 16.6 Å². The summed E-state index contributed by atoms with van der Waals surface area (Å²) in [6.45, 7) is 3.59. The lowest BCUT2D eigenvalue weighted by atomic mass is 10.2. The lowest BCUT2D eigenvalue weighted by Gasteiger charge is -2.24. The molecule has 0 saturated carbocycles. The van der Waals surface area contributed by atoms with Crippen LogP contribution < -0.4 is 4.74 Å². The summed E-state index contributed by atoms with van der Waals surface area (Å²) < 4.78 is 37.8.